The number of aliphatic carboxylic acids is 1. The van der Waals surface area contributed by atoms with Crippen LogP contribution in [-0.4, -0.2) is 46.9 Å². The normalized spacial score (nSPS) is 23.5. The molecule has 21 heavy (non-hydrogen) atoms. The molecule has 2 rings (SSSR count). The highest BCUT2D eigenvalue weighted by Crippen LogP contribution is 2.54. The van der Waals surface area contributed by atoms with Crippen LogP contribution in [0.4, 0.5) is 9.18 Å². The van der Waals surface area contributed by atoms with Crippen LogP contribution in [0.3, 0.4) is 0 Å². The topological polar surface area (TPSA) is 66.8 Å². The fraction of sp³-hybridized carbons (Fsp3) is 0.867. The molecule has 1 aliphatic carbocycles. The Labute approximate surface area is 124 Å². The number of carbonyl (C=O) groups is 2. The number of nitrogens with zero attached hydrogens (tertiary/aromatic N) is 1. The Morgan fingerprint density at radius 2 is 1.81 bits per heavy atom. The van der Waals surface area contributed by atoms with E-state index >= 15 is 0 Å². The fourth-order valence-electron chi connectivity index (χ4n) is 3.36. The van der Waals surface area contributed by atoms with Gasteiger partial charge < -0.3 is 14.7 Å². The van der Waals surface area contributed by atoms with E-state index in [0.717, 1.165) is 12.8 Å². The summed E-state index contributed by atoms with van der Waals surface area (Å²) < 4.78 is 18.8. The number of piperidine rings is 1. The Hall–Kier alpha value is -1.33. The number of amides is 1. The fourth-order valence-corrected chi connectivity index (χ4v) is 3.36. The first-order valence-electron chi connectivity index (χ1n) is 7.47. The van der Waals surface area contributed by atoms with E-state index in [1.54, 1.807) is 4.90 Å². The molecule has 2 aliphatic rings. The summed E-state index contributed by atoms with van der Waals surface area (Å²) in [6.45, 7) is 6.71. The highest BCUT2D eigenvalue weighted by Gasteiger charge is 2.50. The SMILES string of the molecule is CC(C)(C)OC(=O)N1CCC2(CC1)CC(C(F)C(=O)O)C2. The predicted octanol–water partition coefficient (Wildman–Crippen LogP) is 2.84. The molecule has 1 heterocycles. The average Bonchev–Trinajstić information content (AvgIpc) is 2.33. The molecular formula is C15H24FNO4. The molecule has 0 bridgehead atoms. The number of carboxylic acid groups (broad SMARTS) is 1. The van der Waals surface area contributed by atoms with Crippen molar-refractivity contribution in [3.8, 4) is 0 Å². The number of carboxylic acids is 1. The molecule has 0 aromatic heterocycles. The maximum absolute atomic E-state index is 13.4. The van der Waals surface area contributed by atoms with Gasteiger partial charge in [-0.2, -0.15) is 0 Å². The molecule has 1 saturated heterocycles. The number of carbonyl (C=O) groups excluding carboxylic acids is 1. The van der Waals surface area contributed by atoms with Crippen LogP contribution in [0.1, 0.15) is 46.5 Å². The van der Waals surface area contributed by atoms with Crippen molar-refractivity contribution >= 4 is 12.1 Å². The van der Waals surface area contributed by atoms with Gasteiger partial charge in [-0.1, -0.05) is 0 Å². The van der Waals surface area contributed by atoms with Crippen molar-refractivity contribution in [1.82, 2.24) is 4.90 Å². The first-order chi connectivity index (χ1) is 9.62. The van der Waals surface area contributed by atoms with Gasteiger partial charge in [-0.05, 0) is 51.9 Å². The molecule has 1 saturated carbocycles. The van der Waals surface area contributed by atoms with Crippen LogP contribution < -0.4 is 0 Å². The summed E-state index contributed by atoms with van der Waals surface area (Å²) in [7, 11) is 0. The van der Waals surface area contributed by atoms with E-state index in [1.165, 1.54) is 0 Å². The van der Waals surface area contributed by atoms with Crippen LogP contribution in [-0.2, 0) is 9.53 Å². The average molecular weight is 301 g/mol. The zero-order valence-corrected chi connectivity index (χ0v) is 12.9. The third-order valence-electron chi connectivity index (χ3n) is 4.52. The quantitative estimate of drug-likeness (QED) is 0.851. The van der Waals surface area contributed by atoms with E-state index in [4.69, 9.17) is 9.84 Å². The van der Waals surface area contributed by atoms with E-state index in [-0.39, 0.29) is 17.4 Å². The molecule has 2 fully saturated rings. The Balaban J connectivity index is 1.80. The molecule has 1 N–H and O–H groups in total. The first kappa shape index (κ1) is 16.0. The third kappa shape index (κ3) is 3.66. The van der Waals surface area contributed by atoms with Crippen LogP contribution in [0.2, 0.25) is 0 Å². The lowest BCUT2D eigenvalue weighted by Crippen LogP contribution is -2.52. The Morgan fingerprint density at radius 3 is 2.24 bits per heavy atom. The number of hydrogen-bond donors (Lipinski definition) is 1. The first-order valence-corrected chi connectivity index (χ1v) is 7.47. The summed E-state index contributed by atoms with van der Waals surface area (Å²) >= 11 is 0. The van der Waals surface area contributed by atoms with Gasteiger partial charge in [-0.15, -0.1) is 0 Å². The summed E-state index contributed by atoms with van der Waals surface area (Å²) in [5.41, 5.74) is -0.473. The number of ether oxygens (including phenoxy) is 1. The van der Waals surface area contributed by atoms with E-state index in [0.29, 0.717) is 25.9 Å². The Bertz CT molecular complexity index is 416. The highest BCUT2D eigenvalue weighted by atomic mass is 19.1. The number of alkyl halides is 1. The summed E-state index contributed by atoms with van der Waals surface area (Å²) in [5, 5.41) is 8.68. The van der Waals surface area contributed by atoms with Gasteiger partial charge in [-0.25, -0.2) is 14.0 Å². The maximum atomic E-state index is 13.4. The third-order valence-corrected chi connectivity index (χ3v) is 4.52. The number of rotatable bonds is 2. The number of halogens is 1. The molecule has 1 spiro atoms. The van der Waals surface area contributed by atoms with Crippen molar-refractivity contribution in [2.75, 3.05) is 13.1 Å². The van der Waals surface area contributed by atoms with Gasteiger partial charge in [0.25, 0.3) is 0 Å². The van der Waals surface area contributed by atoms with Crippen LogP contribution in [0.15, 0.2) is 0 Å². The molecule has 1 aliphatic heterocycles. The van der Waals surface area contributed by atoms with Gasteiger partial charge in [-0.3, -0.25) is 0 Å². The van der Waals surface area contributed by atoms with Crippen molar-refractivity contribution in [1.29, 1.82) is 0 Å². The molecule has 0 aromatic rings. The maximum Gasteiger partial charge on any atom is 0.410 e. The second-order valence-electron chi connectivity index (χ2n) is 7.38. The van der Waals surface area contributed by atoms with Crippen LogP contribution >= 0.6 is 0 Å². The molecule has 6 heteroatoms. The lowest BCUT2D eigenvalue weighted by atomic mass is 9.56. The van der Waals surface area contributed by atoms with E-state index < -0.39 is 17.7 Å². The second kappa shape index (κ2) is 5.46. The minimum absolute atomic E-state index is 0.0307. The molecule has 1 unspecified atom stereocenters. The standard InChI is InChI=1S/C15H24FNO4/c1-14(2,3)21-13(20)17-6-4-15(5-7-17)8-10(9-15)11(16)12(18)19/h10-11H,4-9H2,1-3H3,(H,18,19). The smallest absolute Gasteiger partial charge is 0.410 e. The van der Waals surface area contributed by atoms with Crippen LogP contribution in [0, 0.1) is 11.3 Å². The van der Waals surface area contributed by atoms with Crippen LogP contribution in [0.25, 0.3) is 0 Å². The number of hydrogen-bond acceptors (Lipinski definition) is 3. The predicted molar refractivity (Wildman–Crippen MR) is 74.7 cm³/mol. The molecule has 0 radical (unpaired) electrons. The lowest BCUT2D eigenvalue weighted by molar-refractivity contribution is -0.150. The molecule has 1 atom stereocenters. The summed E-state index contributed by atoms with van der Waals surface area (Å²) in [6.07, 6.45) is 0.775. The van der Waals surface area contributed by atoms with Gasteiger partial charge in [0, 0.05) is 19.0 Å². The van der Waals surface area contributed by atoms with Crippen molar-refractivity contribution in [3.05, 3.63) is 0 Å². The minimum Gasteiger partial charge on any atom is -0.479 e. The molecular weight excluding hydrogens is 277 g/mol. The molecule has 1 amide bonds. The van der Waals surface area contributed by atoms with Gasteiger partial charge in [0.05, 0.1) is 0 Å². The Morgan fingerprint density at radius 1 is 1.29 bits per heavy atom. The monoisotopic (exact) mass is 301 g/mol. The summed E-state index contributed by atoms with van der Waals surface area (Å²) in [6, 6.07) is 0. The van der Waals surface area contributed by atoms with Gasteiger partial charge in [0.15, 0.2) is 6.17 Å². The zero-order chi connectivity index (χ0) is 15.8. The summed E-state index contributed by atoms with van der Waals surface area (Å²) in [5.74, 6) is -1.73. The van der Waals surface area contributed by atoms with Gasteiger partial charge in [0.2, 0.25) is 0 Å². The second-order valence-corrected chi connectivity index (χ2v) is 7.38. The van der Waals surface area contributed by atoms with E-state index in [9.17, 15) is 14.0 Å². The van der Waals surface area contributed by atoms with E-state index in [1.807, 2.05) is 20.8 Å². The minimum atomic E-state index is -1.75. The van der Waals surface area contributed by atoms with Gasteiger partial charge >= 0.3 is 12.1 Å². The lowest BCUT2D eigenvalue weighted by Gasteiger charge is -2.52. The number of likely N-dealkylation sites (tertiary alicyclic amines) is 1. The van der Waals surface area contributed by atoms with Crippen molar-refractivity contribution in [3.63, 3.8) is 0 Å². The van der Waals surface area contributed by atoms with Gasteiger partial charge in [0.1, 0.15) is 5.60 Å². The molecule has 5 nitrogen and oxygen atoms in total. The summed E-state index contributed by atoms with van der Waals surface area (Å²) in [4.78, 5) is 24.3. The zero-order valence-electron chi connectivity index (χ0n) is 12.9. The highest BCUT2D eigenvalue weighted by molar-refractivity contribution is 5.72. The van der Waals surface area contributed by atoms with Crippen molar-refractivity contribution in [2.24, 2.45) is 11.3 Å². The Kier molecular flexibility index (Phi) is 4.17. The molecule has 120 valence electrons. The van der Waals surface area contributed by atoms with Crippen molar-refractivity contribution in [2.45, 2.75) is 58.2 Å². The van der Waals surface area contributed by atoms with Crippen molar-refractivity contribution < 1.29 is 23.8 Å². The largest absolute Gasteiger partial charge is 0.479 e. The van der Waals surface area contributed by atoms with E-state index in [2.05, 4.69) is 0 Å². The van der Waals surface area contributed by atoms with Crippen LogP contribution in [0.5, 0.6) is 0 Å². The molecule has 0 aromatic carbocycles.